The molecule has 3 aromatic rings. The van der Waals surface area contributed by atoms with E-state index in [-0.39, 0.29) is 0 Å². The maximum Gasteiger partial charge on any atom is 0.200 e. The number of nitrogens with zero attached hydrogens (tertiary/aromatic N) is 5. The fourth-order valence-electron chi connectivity index (χ4n) is 2.26. The highest BCUT2D eigenvalue weighted by Crippen LogP contribution is 2.31. The Bertz CT molecular complexity index is 778. The molecular formula is C10H10N6S2. The molecule has 8 heteroatoms. The first-order valence-electron chi connectivity index (χ1n) is 5.80. The van der Waals surface area contributed by atoms with Gasteiger partial charge in [0, 0.05) is 13.1 Å². The van der Waals surface area contributed by atoms with Crippen molar-refractivity contribution < 1.29 is 0 Å². The van der Waals surface area contributed by atoms with Crippen molar-refractivity contribution in [2.45, 2.75) is 12.8 Å². The summed E-state index contributed by atoms with van der Waals surface area (Å²) in [4.78, 5) is 11.2. The standard InChI is InChI=1S/C10H10N6S2/c17-9-14-13-8-6-7(11-5-16(8)9)12-10(18-6)15-3-1-2-4-15/h5H,1-4H2,(H,14,17). The molecular weight excluding hydrogens is 268 g/mol. The van der Waals surface area contributed by atoms with Gasteiger partial charge in [0.25, 0.3) is 0 Å². The fourth-order valence-corrected chi connectivity index (χ4v) is 3.49. The van der Waals surface area contributed by atoms with Gasteiger partial charge in [-0.05, 0) is 25.1 Å². The summed E-state index contributed by atoms with van der Waals surface area (Å²) in [6.45, 7) is 2.17. The molecule has 6 nitrogen and oxygen atoms in total. The van der Waals surface area contributed by atoms with Gasteiger partial charge in [0.15, 0.2) is 16.4 Å². The Morgan fingerprint density at radius 3 is 3.00 bits per heavy atom. The molecule has 0 radical (unpaired) electrons. The van der Waals surface area contributed by atoms with E-state index in [1.165, 1.54) is 12.8 Å². The van der Waals surface area contributed by atoms with Crippen molar-refractivity contribution >= 4 is 44.7 Å². The summed E-state index contributed by atoms with van der Waals surface area (Å²) >= 11 is 6.78. The van der Waals surface area contributed by atoms with E-state index in [4.69, 9.17) is 12.2 Å². The SMILES string of the molecule is S=c1[nH]nc2c3sc(N4CCCC4)nc3ncn12. The predicted molar refractivity (Wildman–Crippen MR) is 72.8 cm³/mol. The van der Waals surface area contributed by atoms with Gasteiger partial charge in [0.05, 0.1) is 0 Å². The molecule has 0 unspecified atom stereocenters. The van der Waals surface area contributed by atoms with Crippen LogP contribution >= 0.6 is 23.6 Å². The van der Waals surface area contributed by atoms with Gasteiger partial charge in [-0.25, -0.2) is 4.98 Å². The van der Waals surface area contributed by atoms with Gasteiger partial charge in [0.1, 0.15) is 11.0 Å². The van der Waals surface area contributed by atoms with Gasteiger partial charge in [-0.1, -0.05) is 11.3 Å². The molecule has 0 aliphatic carbocycles. The second-order valence-corrected chi connectivity index (χ2v) is 5.67. The number of thiazole rings is 1. The largest absolute Gasteiger partial charge is 0.348 e. The summed E-state index contributed by atoms with van der Waals surface area (Å²) in [6, 6.07) is 0. The summed E-state index contributed by atoms with van der Waals surface area (Å²) in [5.41, 5.74) is 1.57. The average molecular weight is 278 g/mol. The van der Waals surface area contributed by atoms with Gasteiger partial charge in [-0.15, -0.1) is 0 Å². The van der Waals surface area contributed by atoms with Crippen LogP contribution in [0, 0.1) is 4.77 Å². The number of hydrogen-bond acceptors (Lipinski definition) is 6. The maximum atomic E-state index is 5.14. The molecule has 0 amide bonds. The number of H-pyrrole nitrogens is 1. The van der Waals surface area contributed by atoms with Crippen molar-refractivity contribution in [3.05, 3.63) is 11.1 Å². The van der Waals surface area contributed by atoms with E-state index in [0.717, 1.165) is 34.2 Å². The lowest BCUT2D eigenvalue weighted by molar-refractivity contribution is 0.949. The van der Waals surface area contributed by atoms with Gasteiger partial charge in [-0.2, -0.15) is 10.1 Å². The quantitative estimate of drug-likeness (QED) is 0.690. The van der Waals surface area contributed by atoms with Gasteiger partial charge in [-0.3, -0.25) is 9.50 Å². The minimum atomic E-state index is 0.565. The molecule has 1 aliphatic heterocycles. The van der Waals surface area contributed by atoms with Crippen LogP contribution in [-0.4, -0.2) is 37.7 Å². The van der Waals surface area contributed by atoms with Crippen molar-refractivity contribution in [1.82, 2.24) is 24.6 Å². The van der Waals surface area contributed by atoms with Crippen molar-refractivity contribution in [3.8, 4) is 0 Å². The summed E-state index contributed by atoms with van der Waals surface area (Å²) in [6.07, 6.45) is 4.16. The molecule has 3 aromatic heterocycles. The van der Waals surface area contributed by atoms with E-state index in [1.807, 2.05) is 0 Å². The Balaban J connectivity index is 1.98. The molecule has 0 saturated carbocycles. The molecule has 1 fully saturated rings. The first-order valence-corrected chi connectivity index (χ1v) is 7.02. The Hall–Kier alpha value is -1.54. The molecule has 0 aromatic carbocycles. The van der Waals surface area contributed by atoms with Crippen molar-refractivity contribution in [2.24, 2.45) is 0 Å². The van der Waals surface area contributed by atoms with Crippen LogP contribution in [0.1, 0.15) is 12.8 Å². The third kappa shape index (κ3) is 1.39. The van der Waals surface area contributed by atoms with Crippen LogP contribution < -0.4 is 4.90 Å². The van der Waals surface area contributed by atoms with E-state index in [9.17, 15) is 0 Å². The highest BCUT2D eigenvalue weighted by molar-refractivity contribution is 7.71. The lowest BCUT2D eigenvalue weighted by Crippen LogP contribution is -2.16. The Morgan fingerprint density at radius 2 is 2.17 bits per heavy atom. The molecule has 0 bridgehead atoms. The molecule has 1 N–H and O–H groups in total. The zero-order valence-corrected chi connectivity index (χ0v) is 11.1. The van der Waals surface area contributed by atoms with Crippen LogP contribution in [0.3, 0.4) is 0 Å². The zero-order valence-electron chi connectivity index (χ0n) is 9.46. The Labute approximate surface area is 111 Å². The van der Waals surface area contributed by atoms with Crippen LogP contribution in [0.25, 0.3) is 16.0 Å². The number of aromatic amines is 1. The van der Waals surface area contributed by atoms with Crippen LogP contribution in [0.4, 0.5) is 5.13 Å². The first kappa shape index (κ1) is 10.4. The predicted octanol–water partition coefficient (Wildman–Crippen LogP) is 2.00. The summed E-state index contributed by atoms with van der Waals surface area (Å²) in [5.74, 6) is 0. The Kier molecular flexibility index (Phi) is 2.15. The number of fused-ring (bicyclic) bond motifs is 3. The highest BCUT2D eigenvalue weighted by Gasteiger charge is 2.18. The van der Waals surface area contributed by atoms with Crippen LogP contribution in [-0.2, 0) is 0 Å². The van der Waals surface area contributed by atoms with Crippen molar-refractivity contribution in [3.63, 3.8) is 0 Å². The topological polar surface area (TPSA) is 62.1 Å². The number of aromatic nitrogens is 5. The lowest BCUT2D eigenvalue weighted by Gasteiger charge is -2.11. The van der Waals surface area contributed by atoms with E-state index in [2.05, 4.69) is 25.1 Å². The van der Waals surface area contributed by atoms with Crippen molar-refractivity contribution in [2.75, 3.05) is 18.0 Å². The molecule has 0 atom stereocenters. The second kappa shape index (κ2) is 3.72. The molecule has 4 rings (SSSR count). The zero-order chi connectivity index (χ0) is 12.1. The first-order chi connectivity index (χ1) is 8.83. The van der Waals surface area contributed by atoms with Gasteiger partial charge < -0.3 is 4.90 Å². The van der Waals surface area contributed by atoms with Crippen LogP contribution in [0.2, 0.25) is 0 Å². The Morgan fingerprint density at radius 1 is 1.33 bits per heavy atom. The van der Waals surface area contributed by atoms with Crippen molar-refractivity contribution in [1.29, 1.82) is 0 Å². The van der Waals surface area contributed by atoms with E-state index in [1.54, 1.807) is 22.1 Å². The third-order valence-electron chi connectivity index (χ3n) is 3.18. The average Bonchev–Trinajstić information content (AvgIpc) is 3.05. The van der Waals surface area contributed by atoms with Gasteiger partial charge >= 0.3 is 0 Å². The minimum Gasteiger partial charge on any atom is -0.348 e. The summed E-state index contributed by atoms with van der Waals surface area (Å²) in [5, 5.41) is 8.07. The summed E-state index contributed by atoms with van der Waals surface area (Å²) < 4.78 is 3.34. The number of anilines is 1. The van der Waals surface area contributed by atoms with E-state index < -0.39 is 0 Å². The molecule has 92 valence electrons. The fraction of sp³-hybridized carbons (Fsp3) is 0.400. The monoisotopic (exact) mass is 278 g/mol. The smallest absolute Gasteiger partial charge is 0.200 e. The number of hydrogen-bond donors (Lipinski definition) is 1. The number of rotatable bonds is 1. The third-order valence-corrected chi connectivity index (χ3v) is 4.57. The van der Waals surface area contributed by atoms with Crippen LogP contribution in [0.15, 0.2) is 6.33 Å². The second-order valence-electron chi connectivity index (χ2n) is 4.31. The molecule has 0 spiro atoms. The normalized spacial score (nSPS) is 16.1. The van der Waals surface area contributed by atoms with E-state index in [0.29, 0.717) is 4.77 Å². The highest BCUT2D eigenvalue weighted by atomic mass is 32.1. The number of nitrogens with one attached hydrogen (secondary N) is 1. The lowest BCUT2D eigenvalue weighted by atomic mass is 10.4. The van der Waals surface area contributed by atoms with E-state index >= 15 is 0 Å². The molecule has 4 heterocycles. The minimum absolute atomic E-state index is 0.565. The molecule has 1 saturated heterocycles. The van der Waals surface area contributed by atoms with Gasteiger partial charge in [0.2, 0.25) is 4.77 Å². The molecule has 18 heavy (non-hydrogen) atoms. The van der Waals surface area contributed by atoms with Crippen LogP contribution in [0.5, 0.6) is 0 Å². The maximum absolute atomic E-state index is 5.14. The summed E-state index contributed by atoms with van der Waals surface area (Å²) in [7, 11) is 0. The molecule has 1 aliphatic rings.